The lowest BCUT2D eigenvalue weighted by Gasteiger charge is -2.12. The minimum atomic E-state index is 0.676. The van der Waals surface area contributed by atoms with E-state index < -0.39 is 0 Å². The first-order chi connectivity index (χ1) is 6.18. The van der Waals surface area contributed by atoms with Gasteiger partial charge < -0.3 is 0 Å². The summed E-state index contributed by atoms with van der Waals surface area (Å²) in [4.78, 5) is 0. The van der Waals surface area contributed by atoms with Crippen molar-refractivity contribution in [1.82, 2.24) is 0 Å². The molecule has 0 N–H and O–H groups in total. The second-order valence-corrected chi connectivity index (χ2v) is 4.56. The molecule has 1 aromatic rings. The zero-order valence-corrected chi connectivity index (χ0v) is 8.80. The molecule has 0 radical (unpaired) electrons. The van der Waals surface area contributed by atoms with Crippen molar-refractivity contribution < 1.29 is 0 Å². The number of hydrogen-bond acceptors (Lipinski definition) is 0. The number of aryl methyl sites for hydroxylation is 1. The maximum atomic E-state index is 2.36. The Morgan fingerprint density at radius 1 is 1.23 bits per heavy atom. The maximum Gasteiger partial charge on any atom is -0.0159 e. The van der Waals surface area contributed by atoms with E-state index in [9.17, 15) is 0 Å². The van der Waals surface area contributed by atoms with E-state index in [1.807, 2.05) is 0 Å². The average molecular weight is 174 g/mol. The Kier molecular flexibility index (Phi) is 2.15. The van der Waals surface area contributed by atoms with Gasteiger partial charge in [0.05, 0.1) is 0 Å². The van der Waals surface area contributed by atoms with Crippen molar-refractivity contribution in [3.63, 3.8) is 0 Å². The zero-order chi connectivity index (χ0) is 9.42. The molecule has 1 aliphatic carbocycles. The SMILES string of the molecule is Cc1ccc(C2CC2)c(C(C)C)c1. The summed E-state index contributed by atoms with van der Waals surface area (Å²) in [7, 11) is 0. The third-order valence-electron chi connectivity index (χ3n) is 2.88. The van der Waals surface area contributed by atoms with Crippen molar-refractivity contribution in [3.05, 3.63) is 34.9 Å². The van der Waals surface area contributed by atoms with Gasteiger partial charge in [-0.3, -0.25) is 0 Å². The fourth-order valence-electron chi connectivity index (χ4n) is 1.96. The largest absolute Gasteiger partial charge is 0.0590 e. The average Bonchev–Trinajstić information content (AvgIpc) is 2.87. The van der Waals surface area contributed by atoms with Crippen molar-refractivity contribution in [2.45, 2.75) is 45.4 Å². The monoisotopic (exact) mass is 174 g/mol. The molecule has 0 unspecified atom stereocenters. The highest BCUT2D eigenvalue weighted by Gasteiger charge is 2.26. The van der Waals surface area contributed by atoms with Crippen molar-refractivity contribution in [3.8, 4) is 0 Å². The van der Waals surface area contributed by atoms with Gasteiger partial charge in [0.2, 0.25) is 0 Å². The third kappa shape index (κ3) is 1.77. The summed E-state index contributed by atoms with van der Waals surface area (Å²) in [6.07, 6.45) is 2.81. The van der Waals surface area contributed by atoms with Crippen LogP contribution < -0.4 is 0 Å². The topological polar surface area (TPSA) is 0 Å². The zero-order valence-electron chi connectivity index (χ0n) is 8.80. The van der Waals surface area contributed by atoms with Crippen LogP contribution >= 0.6 is 0 Å². The van der Waals surface area contributed by atoms with Crippen molar-refractivity contribution >= 4 is 0 Å². The molecule has 0 atom stereocenters. The highest BCUT2D eigenvalue weighted by atomic mass is 14.3. The fourth-order valence-corrected chi connectivity index (χ4v) is 1.96. The number of rotatable bonds is 2. The van der Waals surface area contributed by atoms with Gasteiger partial charge in [-0.1, -0.05) is 37.6 Å². The molecule has 0 amide bonds. The molecule has 1 aromatic carbocycles. The molecule has 1 aliphatic rings. The second kappa shape index (κ2) is 3.17. The maximum absolute atomic E-state index is 2.36. The van der Waals surface area contributed by atoms with E-state index in [1.165, 1.54) is 18.4 Å². The van der Waals surface area contributed by atoms with Gasteiger partial charge >= 0.3 is 0 Å². The molecule has 0 saturated heterocycles. The Morgan fingerprint density at radius 3 is 2.46 bits per heavy atom. The van der Waals surface area contributed by atoms with Gasteiger partial charge in [0.15, 0.2) is 0 Å². The first-order valence-corrected chi connectivity index (χ1v) is 5.29. The quantitative estimate of drug-likeness (QED) is 0.635. The van der Waals surface area contributed by atoms with Crippen LogP contribution in [0.25, 0.3) is 0 Å². The van der Waals surface area contributed by atoms with Crippen molar-refractivity contribution in [1.29, 1.82) is 0 Å². The molecule has 1 fully saturated rings. The first-order valence-electron chi connectivity index (χ1n) is 5.29. The molecule has 2 rings (SSSR count). The van der Waals surface area contributed by atoms with Gasteiger partial charge in [-0.15, -0.1) is 0 Å². The summed E-state index contributed by atoms with van der Waals surface area (Å²) < 4.78 is 0. The molecule has 1 saturated carbocycles. The van der Waals surface area contributed by atoms with E-state index in [-0.39, 0.29) is 0 Å². The Hall–Kier alpha value is -0.780. The molecule has 0 bridgehead atoms. The fraction of sp³-hybridized carbons (Fsp3) is 0.538. The lowest BCUT2D eigenvalue weighted by atomic mass is 9.93. The molecule has 0 heteroatoms. The van der Waals surface area contributed by atoms with E-state index >= 15 is 0 Å². The summed E-state index contributed by atoms with van der Waals surface area (Å²) in [6, 6.07) is 6.94. The van der Waals surface area contributed by atoms with Gasteiger partial charge in [0, 0.05) is 0 Å². The Balaban J connectivity index is 2.41. The highest BCUT2D eigenvalue weighted by molar-refractivity contribution is 5.38. The third-order valence-corrected chi connectivity index (χ3v) is 2.88. The Morgan fingerprint density at radius 2 is 1.92 bits per heavy atom. The van der Waals surface area contributed by atoms with Crippen LogP contribution in [0.4, 0.5) is 0 Å². The van der Waals surface area contributed by atoms with Crippen LogP contribution in [0.2, 0.25) is 0 Å². The predicted octanol–water partition coefficient (Wildman–Crippen LogP) is 4.00. The van der Waals surface area contributed by atoms with Crippen LogP contribution in [0.1, 0.15) is 55.2 Å². The number of benzene rings is 1. The molecule has 0 nitrogen and oxygen atoms in total. The van der Waals surface area contributed by atoms with Crippen molar-refractivity contribution in [2.75, 3.05) is 0 Å². The first kappa shape index (κ1) is 8.80. The van der Waals surface area contributed by atoms with E-state index in [1.54, 1.807) is 11.1 Å². The lowest BCUT2D eigenvalue weighted by Crippen LogP contribution is -1.95. The van der Waals surface area contributed by atoms with Crippen LogP contribution in [-0.2, 0) is 0 Å². The second-order valence-electron chi connectivity index (χ2n) is 4.56. The van der Waals surface area contributed by atoms with Gasteiger partial charge in [-0.2, -0.15) is 0 Å². The van der Waals surface area contributed by atoms with Crippen molar-refractivity contribution in [2.24, 2.45) is 0 Å². The van der Waals surface area contributed by atoms with Gasteiger partial charge in [0.25, 0.3) is 0 Å². The van der Waals surface area contributed by atoms with E-state index in [0.29, 0.717) is 5.92 Å². The molecular formula is C13H18. The Labute approximate surface area is 81.0 Å². The molecule has 0 aliphatic heterocycles. The minimum Gasteiger partial charge on any atom is -0.0590 e. The van der Waals surface area contributed by atoms with Gasteiger partial charge in [0.1, 0.15) is 0 Å². The van der Waals surface area contributed by atoms with Crippen LogP contribution in [-0.4, -0.2) is 0 Å². The van der Waals surface area contributed by atoms with Crippen LogP contribution in [0.5, 0.6) is 0 Å². The van der Waals surface area contributed by atoms with E-state index in [0.717, 1.165) is 5.92 Å². The summed E-state index contributed by atoms with van der Waals surface area (Å²) in [5, 5.41) is 0. The lowest BCUT2D eigenvalue weighted by molar-refractivity contribution is 0.840. The van der Waals surface area contributed by atoms with Crippen LogP contribution in [0.3, 0.4) is 0 Å². The molecule has 0 spiro atoms. The van der Waals surface area contributed by atoms with Gasteiger partial charge in [-0.05, 0) is 42.7 Å². The minimum absolute atomic E-state index is 0.676. The summed E-state index contributed by atoms with van der Waals surface area (Å²) in [6.45, 7) is 6.77. The molecule has 0 aromatic heterocycles. The molecule has 13 heavy (non-hydrogen) atoms. The van der Waals surface area contributed by atoms with E-state index in [4.69, 9.17) is 0 Å². The summed E-state index contributed by atoms with van der Waals surface area (Å²) >= 11 is 0. The van der Waals surface area contributed by atoms with Gasteiger partial charge in [-0.25, -0.2) is 0 Å². The number of hydrogen-bond donors (Lipinski definition) is 0. The van der Waals surface area contributed by atoms with Crippen LogP contribution in [0, 0.1) is 6.92 Å². The highest BCUT2D eigenvalue weighted by Crippen LogP contribution is 2.43. The molecule has 70 valence electrons. The molecular weight excluding hydrogens is 156 g/mol. The summed E-state index contributed by atoms with van der Waals surface area (Å²) in [5.74, 6) is 1.56. The summed E-state index contributed by atoms with van der Waals surface area (Å²) in [5.41, 5.74) is 4.58. The standard InChI is InChI=1S/C13H18/c1-9(2)13-8-10(3)4-7-12(13)11-5-6-11/h4,7-9,11H,5-6H2,1-3H3. The normalized spacial score (nSPS) is 16.6. The smallest absolute Gasteiger partial charge is 0.0159 e. The Bertz CT molecular complexity index is 306. The van der Waals surface area contributed by atoms with E-state index in [2.05, 4.69) is 39.0 Å². The predicted molar refractivity (Wildman–Crippen MR) is 57.2 cm³/mol. The van der Waals surface area contributed by atoms with Crippen LogP contribution in [0.15, 0.2) is 18.2 Å². The molecule has 0 heterocycles.